The Hall–Kier alpha value is -2.67. The van der Waals surface area contributed by atoms with Crippen molar-refractivity contribution in [2.45, 2.75) is 12.5 Å². The quantitative estimate of drug-likeness (QED) is 0.903. The van der Waals surface area contributed by atoms with E-state index in [0.717, 1.165) is 5.69 Å². The Balaban J connectivity index is 2.01. The lowest BCUT2D eigenvalue weighted by molar-refractivity contribution is -0.121. The number of aromatic nitrogens is 1. The van der Waals surface area contributed by atoms with Gasteiger partial charge in [0.1, 0.15) is 5.92 Å². The minimum atomic E-state index is -0.787. The number of carbonyl (C=O) groups excluding carboxylic acids is 1. The van der Waals surface area contributed by atoms with E-state index in [1.165, 1.54) is 0 Å². The summed E-state index contributed by atoms with van der Waals surface area (Å²) in [5.41, 5.74) is 1.46. The van der Waals surface area contributed by atoms with Crippen LogP contribution in [0.25, 0.3) is 0 Å². The highest BCUT2D eigenvalue weighted by atomic mass is 16.1. The molecule has 1 aromatic carbocycles. The minimum absolute atomic E-state index is 0.306. The number of amides is 1. The molecule has 94 valence electrons. The van der Waals surface area contributed by atoms with Crippen LogP contribution in [0.15, 0.2) is 54.7 Å². The maximum absolute atomic E-state index is 12.0. The molecular weight excluding hydrogens is 238 g/mol. The van der Waals surface area contributed by atoms with E-state index in [1.807, 2.05) is 42.5 Å². The van der Waals surface area contributed by atoms with E-state index in [2.05, 4.69) is 10.3 Å². The number of hydrogen-bond donors (Lipinski definition) is 1. The molecule has 1 aromatic heterocycles. The first-order chi connectivity index (χ1) is 9.31. The summed E-state index contributed by atoms with van der Waals surface area (Å²) < 4.78 is 0. The second kappa shape index (κ2) is 6.31. The molecule has 4 heteroatoms. The molecule has 2 rings (SSSR count). The monoisotopic (exact) mass is 251 g/mol. The van der Waals surface area contributed by atoms with Crippen LogP contribution in [0.4, 0.5) is 0 Å². The van der Waals surface area contributed by atoms with Crippen LogP contribution < -0.4 is 5.32 Å². The smallest absolute Gasteiger partial charge is 0.242 e. The van der Waals surface area contributed by atoms with Crippen molar-refractivity contribution in [3.8, 4) is 6.07 Å². The lowest BCUT2D eigenvalue weighted by atomic mass is 10.00. The summed E-state index contributed by atoms with van der Waals surface area (Å²) in [6.07, 6.45) is 1.67. The molecule has 1 N–H and O–H groups in total. The zero-order valence-corrected chi connectivity index (χ0v) is 10.3. The highest BCUT2D eigenvalue weighted by molar-refractivity contribution is 5.86. The summed E-state index contributed by atoms with van der Waals surface area (Å²) in [4.78, 5) is 16.1. The maximum Gasteiger partial charge on any atom is 0.242 e. The van der Waals surface area contributed by atoms with E-state index in [0.29, 0.717) is 12.1 Å². The van der Waals surface area contributed by atoms with Crippen LogP contribution in [0.5, 0.6) is 0 Å². The number of pyridine rings is 1. The Bertz CT molecular complexity index is 575. The van der Waals surface area contributed by atoms with Gasteiger partial charge >= 0.3 is 0 Å². The summed E-state index contributed by atoms with van der Waals surface area (Å²) in [7, 11) is 0. The molecule has 0 spiro atoms. The van der Waals surface area contributed by atoms with Gasteiger partial charge < -0.3 is 5.32 Å². The molecule has 1 atom stereocenters. The summed E-state index contributed by atoms with van der Waals surface area (Å²) in [6, 6.07) is 16.5. The van der Waals surface area contributed by atoms with E-state index in [-0.39, 0.29) is 5.91 Å². The summed E-state index contributed by atoms with van der Waals surface area (Å²) in [5, 5.41) is 11.8. The van der Waals surface area contributed by atoms with Crippen molar-refractivity contribution in [3.63, 3.8) is 0 Å². The third-order valence-corrected chi connectivity index (χ3v) is 2.69. The number of nitrogens with one attached hydrogen (secondary N) is 1. The normalized spacial score (nSPS) is 11.3. The lowest BCUT2D eigenvalue weighted by Gasteiger charge is -2.10. The lowest BCUT2D eigenvalue weighted by Crippen LogP contribution is -2.28. The van der Waals surface area contributed by atoms with Crippen LogP contribution in [0.2, 0.25) is 0 Å². The first-order valence-corrected chi connectivity index (χ1v) is 5.93. The van der Waals surface area contributed by atoms with Gasteiger partial charge in [-0.2, -0.15) is 5.26 Å². The average Bonchev–Trinajstić information content (AvgIpc) is 2.48. The van der Waals surface area contributed by atoms with E-state index in [1.54, 1.807) is 18.3 Å². The predicted octanol–water partition coefficient (Wildman–Crippen LogP) is 2.01. The summed E-state index contributed by atoms with van der Waals surface area (Å²) in [5.74, 6) is -1.09. The van der Waals surface area contributed by atoms with Crippen LogP contribution in [0, 0.1) is 11.3 Å². The maximum atomic E-state index is 12.0. The second-order valence-corrected chi connectivity index (χ2v) is 4.01. The summed E-state index contributed by atoms with van der Waals surface area (Å²) in [6.45, 7) is 0.324. The third kappa shape index (κ3) is 3.39. The van der Waals surface area contributed by atoms with Crippen molar-refractivity contribution in [2.24, 2.45) is 0 Å². The van der Waals surface area contributed by atoms with E-state index >= 15 is 0 Å². The van der Waals surface area contributed by atoms with Crippen LogP contribution in [-0.2, 0) is 11.3 Å². The molecule has 0 aliphatic heterocycles. The highest BCUT2D eigenvalue weighted by Gasteiger charge is 2.19. The molecule has 0 saturated carbocycles. The molecule has 4 nitrogen and oxygen atoms in total. The second-order valence-electron chi connectivity index (χ2n) is 4.01. The van der Waals surface area contributed by atoms with Gasteiger partial charge in [-0.1, -0.05) is 36.4 Å². The predicted molar refractivity (Wildman–Crippen MR) is 70.9 cm³/mol. The fourth-order valence-corrected chi connectivity index (χ4v) is 1.71. The van der Waals surface area contributed by atoms with Crippen LogP contribution in [-0.4, -0.2) is 10.9 Å². The minimum Gasteiger partial charge on any atom is -0.349 e. The molecule has 1 unspecified atom stereocenters. The molecule has 0 saturated heterocycles. The van der Waals surface area contributed by atoms with Gasteiger partial charge in [0.15, 0.2) is 0 Å². The van der Waals surface area contributed by atoms with E-state index < -0.39 is 5.92 Å². The number of rotatable bonds is 4. The standard InChI is InChI=1S/C15H13N3O/c16-10-14(12-6-2-1-3-7-12)15(19)18-11-13-8-4-5-9-17-13/h1-9,14H,11H2,(H,18,19). The van der Waals surface area contributed by atoms with Gasteiger partial charge in [-0.15, -0.1) is 0 Å². The Morgan fingerprint density at radius 2 is 1.95 bits per heavy atom. The number of carbonyl (C=O) groups is 1. The molecule has 0 aliphatic carbocycles. The Kier molecular flexibility index (Phi) is 4.25. The Labute approximate surface area is 111 Å². The molecule has 1 amide bonds. The molecule has 0 fully saturated rings. The first kappa shape index (κ1) is 12.8. The zero-order valence-electron chi connectivity index (χ0n) is 10.3. The zero-order chi connectivity index (χ0) is 13.5. The van der Waals surface area contributed by atoms with Gasteiger partial charge in [-0.25, -0.2) is 0 Å². The van der Waals surface area contributed by atoms with Gasteiger partial charge in [-0.3, -0.25) is 9.78 Å². The topological polar surface area (TPSA) is 65.8 Å². The average molecular weight is 251 g/mol. The summed E-state index contributed by atoms with van der Waals surface area (Å²) >= 11 is 0. The van der Waals surface area contributed by atoms with Gasteiger partial charge in [-0.05, 0) is 17.7 Å². The molecular formula is C15H13N3O. The van der Waals surface area contributed by atoms with Crippen molar-refractivity contribution < 1.29 is 4.79 Å². The molecule has 0 aliphatic rings. The largest absolute Gasteiger partial charge is 0.349 e. The van der Waals surface area contributed by atoms with Gasteiger partial charge in [0, 0.05) is 6.20 Å². The fraction of sp³-hybridized carbons (Fsp3) is 0.133. The van der Waals surface area contributed by atoms with Crippen LogP contribution >= 0.6 is 0 Å². The highest BCUT2D eigenvalue weighted by Crippen LogP contribution is 2.14. The Morgan fingerprint density at radius 1 is 1.21 bits per heavy atom. The number of nitrogens with zero attached hydrogens (tertiary/aromatic N) is 2. The number of benzene rings is 1. The Morgan fingerprint density at radius 3 is 2.58 bits per heavy atom. The first-order valence-electron chi connectivity index (χ1n) is 5.93. The van der Waals surface area contributed by atoms with E-state index in [9.17, 15) is 4.79 Å². The van der Waals surface area contributed by atoms with Gasteiger partial charge in [0.2, 0.25) is 5.91 Å². The molecule has 19 heavy (non-hydrogen) atoms. The third-order valence-electron chi connectivity index (χ3n) is 2.69. The van der Waals surface area contributed by atoms with Crippen LogP contribution in [0.1, 0.15) is 17.2 Å². The van der Waals surface area contributed by atoms with Crippen LogP contribution in [0.3, 0.4) is 0 Å². The van der Waals surface area contributed by atoms with Crippen molar-refractivity contribution >= 4 is 5.91 Å². The van der Waals surface area contributed by atoms with Crippen molar-refractivity contribution in [1.29, 1.82) is 5.26 Å². The van der Waals surface area contributed by atoms with Crippen molar-refractivity contribution in [1.82, 2.24) is 10.3 Å². The molecule has 2 aromatic rings. The number of nitriles is 1. The van der Waals surface area contributed by atoms with E-state index in [4.69, 9.17) is 5.26 Å². The van der Waals surface area contributed by atoms with Gasteiger partial charge in [0.05, 0.1) is 18.3 Å². The molecule has 0 bridgehead atoms. The van der Waals surface area contributed by atoms with Gasteiger partial charge in [0.25, 0.3) is 0 Å². The molecule has 1 heterocycles. The van der Waals surface area contributed by atoms with Crippen molar-refractivity contribution in [2.75, 3.05) is 0 Å². The van der Waals surface area contributed by atoms with Crippen molar-refractivity contribution in [3.05, 3.63) is 66.0 Å². The SMILES string of the molecule is N#CC(C(=O)NCc1ccccn1)c1ccccc1. The fourth-order valence-electron chi connectivity index (χ4n) is 1.71. The number of hydrogen-bond acceptors (Lipinski definition) is 3. The molecule has 0 radical (unpaired) electrons.